The Kier molecular flexibility index (Phi) is 5.04. The third kappa shape index (κ3) is 3.73. The topological polar surface area (TPSA) is 21.1 Å². The van der Waals surface area contributed by atoms with Crippen LogP contribution in [0, 0.1) is 0 Å². The second-order valence-electron chi connectivity index (χ2n) is 6.84. The number of rotatable bonds is 5. The van der Waals surface area contributed by atoms with Crippen molar-refractivity contribution in [1.29, 1.82) is 0 Å². The van der Waals surface area contributed by atoms with Crippen molar-refractivity contribution in [2.45, 2.75) is 32.2 Å². The predicted molar refractivity (Wildman–Crippen MR) is 105 cm³/mol. The molecule has 0 atom stereocenters. The van der Waals surface area contributed by atoms with Crippen LogP contribution in [0.1, 0.15) is 25.7 Å². The van der Waals surface area contributed by atoms with E-state index in [4.69, 9.17) is 16.6 Å². The molecule has 1 saturated heterocycles. The number of likely N-dealkylation sites (tertiary alicyclic amines) is 1. The number of imidazole rings is 1. The number of aryl methyl sites for hydroxylation is 1. The van der Waals surface area contributed by atoms with E-state index < -0.39 is 0 Å². The zero-order valence-electron chi connectivity index (χ0n) is 14.5. The van der Waals surface area contributed by atoms with Gasteiger partial charge in [0.25, 0.3) is 0 Å². The molecule has 0 bridgehead atoms. The first-order valence-electron chi connectivity index (χ1n) is 9.25. The quantitative estimate of drug-likeness (QED) is 0.626. The van der Waals surface area contributed by atoms with Crippen molar-refractivity contribution in [3.63, 3.8) is 0 Å². The van der Waals surface area contributed by atoms with E-state index in [2.05, 4.69) is 45.9 Å². The molecule has 1 aliphatic rings. The molecule has 0 N–H and O–H groups in total. The summed E-state index contributed by atoms with van der Waals surface area (Å²) >= 11 is 6.05. The summed E-state index contributed by atoms with van der Waals surface area (Å²) in [6.45, 7) is 4.69. The highest BCUT2D eigenvalue weighted by atomic mass is 35.5. The number of halogens is 1. The summed E-state index contributed by atoms with van der Waals surface area (Å²) < 4.78 is 2.36. The maximum absolute atomic E-state index is 6.05. The monoisotopic (exact) mass is 353 g/mol. The summed E-state index contributed by atoms with van der Waals surface area (Å²) in [5.74, 6) is 1.04. The number of hydrogen-bond acceptors (Lipinski definition) is 2. The van der Waals surface area contributed by atoms with E-state index in [-0.39, 0.29) is 0 Å². The molecular formula is C21H24ClN3. The van der Waals surface area contributed by atoms with Gasteiger partial charge in [-0.25, -0.2) is 4.98 Å². The van der Waals surface area contributed by atoms with Crippen LogP contribution in [0.2, 0.25) is 5.02 Å². The molecule has 1 aromatic heterocycles. The third-order valence-electron chi connectivity index (χ3n) is 5.06. The molecule has 4 rings (SSSR count). The van der Waals surface area contributed by atoms with Crippen LogP contribution >= 0.6 is 11.6 Å². The molecule has 25 heavy (non-hydrogen) atoms. The lowest BCUT2D eigenvalue weighted by Crippen LogP contribution is -2.31. The van der Waals surface area contributed by atoms with Crippen molar-refractivity contribution in [2.24, 2.45) is 0 Å². The first kappa shape index (κ1) is 16.6. The van der Waals surface area contributed by atoms with Gasteiger partial charge in [-0.05, 0) is 75.3 Å². The van der Waals surface area contributed by atoms with Gasteiger partial charge in [-0.1, -0.05) is 30.2 Å². The van der Waals surface area contributed by atoms with E-state index in [1.165, 1.54) is 44.4 Å². The first-order chi connectivity index (χ1) is 12.3. The number of nitrogens with zero attached hydrogens (tertiary/aromatic N) is 3. The Hall–Kier alpha value is -1.84. The second-order valence-corrected chi connectivity index (χ2v) is 7.27. The lowest BCUT2D eigenvalue weighted by atomic mass is 10.1. The minimum Gasteiger partial charge on any atom is -0.324 e. The van der Waals surface area contributed by atoms with E-state index in [9.17, 15) is 0 Å². The molecule has 0 radical (unpaired) electrons. The number of benzene rings is 2. The summed E-state index contributed by atoms with van der Waals surface area (Å²) in [4.78, 5) is 7.49. The van der Waals surface area contributed by atoms with Gasteiger partial charge in [0, 0.05) is 17.1 Å². The fourth-order valence-electron chi connectivity index (χ4n) is 3.76. The standard InChI is InChI=1S/C21H24ClN3/c22-18-11-9-17(10-12-18)21-23-19-7-2-3-8-20(19)25(21)16-6-15-24-13-4-1-5-14-24/h2-3,7-12H,1,4-6,13-16H2. The zero-order chi connectivity index (χ0) is 17.1. The van der Waals surface area contributed by atoms with Gasteiger partial charge in [0.05, 0.1) is 11.0 Å². The molecular weight excluding hydrogens is 330 g/mol. The van der Waals surface area contributed by atoms with Crippen LogP contribution in [-0.2, 0) is 6.54 Å². The Balaban J connectivity index is 1.59. The number of piperidine rings is 1. The number of fused-ring (bicyclic) bond motifs is 1. The Morgan fingerprint density at radius 1 is 0.880 bits per heavy atom. The van der Waals surface area contributed by atoms with Gasteiger partial charge >= 0.3 is 0 Å². The molecule has 4 heteroatoms. The minimum absolute atomic E-state index is 0.761. The maximum Gasteiger partial charge on any atom is 0.141 e. The molecule has 1 aliphatic heterocycles. The van der Waals surface area contributed by atoms with Crippen LogP contribution in [-0.4, -0.2) is 34.1 Å². The first-order valence-corrected chi connectivity index (χ1v) is 9.63. The fourth-order valence-corrected chi connectivity index (χ4v) is 3.88. The van der Waals surface area contributed by atoms with E-state index in [1.54, 1.807) is 0 Å². The highest BCUT2D eigenvalue weighted by Crippen LogP contribution is 2.26. The molecule has 1 fully saturated rings. The van der Waals surface area contributed by atoms with Crippen LogP contribution in [0.4, 0.5) is 0 Å². The minimum atomic E-state index is 0.761. The molecule has 3 nitrogen and oxygen atoms in total. The normalized spacial score (nSPS) is 15.7. The number of hydrogen-bond donors (Lipinski definition) is 0. The van der Waals surface area contributed by atoms with Crippen LogP contribution < -0.4 is 0 Å². The Labute approximate surface area is 154 Å². The molecule has 2 aromatic carbocycles. The van der Waals surface area contributed by atoms with Gasteiger partial charge in [-0.3, -0.25) is 0 Å². The summed E-state index contributed by atoms with van der Waals surface area (Å²) in [6, 6.07) is 16.4. The number of para-hydroxylation sites is 2. The molecule has 0 saturated carbocycles. The van der Waals surface area contributed by atoms with E-state index in [0.29, 0.717) is 0 Å². The van der Waals surface area contributed by atoms with Gasteiger partial charge in [0.15, 0.2) is 0 Å². The highest BCUT2D eigenvalue weighted by Gasteiger charge is 2.14. The lowest BCUT2D eigenvalue weighted by Gasteiger charge is -2.26. The average molecular weight is 354 g/mol. The fraction of sp³-hybridized carbons (Fsp3) is 0.381. The van der Waals surface area contributed by atoms with Gasteiger partial charge in [0.1, 0.15) is 5.82 Å². The molecule has 2 heterocycles. The SMILES string of the molecule is Clc1ccc(-c2nc3ccccc3n2CCCN2CCCCC2)cc1. The smallest absolute Gasteiger partial charge is 0.141 e. The summed E-state index contributed by atoms with van der Waals surface area (Å²) in [5.41, 5.74) is 3.40. The Morgan fingerprint density at radius 3 is 2.44 bits per heavy atom. The molecule has 3 aromatic rings. The summed E-state index contributed by atoms with van der Waals surface area (Å²) in [7, 11) is 0. The average Bonchev–Trinajstić information content (AvgIpc) is 3.02. The van der Waals surface area contributed by atoms with Crippen molar-refractivity contribution in [3.8, 4) is 11.4 Å². The van der Waals surface area contributed by atoms with Crippen molar-refractivity contribution in [1.82, 2.24) is 14.5 Å². The van der Waals surface area contributed by atoms with Gasteiger partial charge < -0.3 is 9.47 Å². The van der Waals surface area contributed by atoms with Crippen LogP contribution in [0.5, 0.6) is 0 Å². The van der Waals surface area contributed by atoms with Gasteiger partial charge in [-0.2, -0.15) is 0 Å². The Morgan fingerprint density at radius 2 is 1.64 bits per heavy atom. The summed E-state index contributed by atoms with van der Waals surface area (Å²) in [6.07, 6.45) is 5.25. The highest BCUT2D eigenvalue weighted by molar-refractivity contribution is 6.30. The van der Waals surface area contributed by atoms with E-state index in [1.807, 2.05) is 12.1 Å². The maximum atomic E-state index is 6.05. The number of aromatic nitrogens is 2. The third-order valence-corrected chi connectivity index (χ3v) is 5.31. The van der Waals surface area contributed by atoms with Crippen molar-refractivity contribution >= 4 is 22.6 Å². The van der Waals surface area contributed by atoms with Crippen molar-refractivity contribution < 1.29 is 0 Å². The van der Waals surface area contributed by atoms with Gasteiger partial charge in [0.2, 0.25) is 0 Å². The van der Waals surface area contributed by atoms with Crippen molar-refractivity contribution in [3.05, 3.63) is 53.6 Å². The zero-order valence-corrected chi connectivity index (χ0v) is 15.3. The summed E-state index contributed by atoms with van der Waals surface area (Å²) in [5, 5.41) is 0.761. The van der Waals surface area contributed by atoms with Crippen LogP contribution in [0.15, 0.2) is 48.5 Å². The van der Waals surface area contributed by atoms with Crippen molar-refractivity contribution in [2.75, 3.05) is 19.6 Å². The molecule has 0 amide bonds. The van der Waals surface area contributed by atoms with Gasteiger partial charge in [-0.15, -0.1) is 0 Å². The second kappa shape index (κ2) is 7.59. The largest absolute Gasteiger partial charge is 0.324 e. The van der Waals surface area contributed by atoms with E-state index in [0.717, 1.165) is 34.9 Å². The predicted octanol–water partition coefficient (Wildman–Crippen LogP) is 5.23. The molecule has 0 aliphatic carbocycles. The molecule has 0 unspecified atom stereocenters. The van der Waals surface area contributed by atoms with E-state index >= 15 is 0 Å². The van der Waals surface area contributed by atoms with Crippen LogP contribution in [0.25, 0.3) is 22.4 Å². The lowest BCUT2D eigenvalue weighted by molar-refractivity contribution is 0.223. The molecule has 0 spiro atoms. The van der Waals surface area contributed by atoms with Crippen LogP contribution in [0.3, 0.4) is 0 Å². The Bertz CT molecular complexity index is 832. The molecule has 130 valence electrons.